The molecule has 4 aromatic rings. The monoisotopic (exact) mass is 384 g/mol. The maximum Gasteiger partial charge on any atom is 0.0747 e. The minimum atomic E-state index is -0.681. The van der Waals surface area contributed by atoms with Gasteiger partial charge in [-0.1, -0.05) is 63.3 Å². The summed E-state index contributed by atoms with van der Waals surface area (Å²) in [6.45, 7) is 4.54. The molecule has 0 bridgehead atoms. The molecular weight excluding hydrogens is 359 g/mol. The summed E-state index contributed by atoms with van der Waals surface area (Å²) in [5.74, 6) is 0. The molecule has 28 heavy (non-hydrogen) atoms. The van der Waals surface area contributed by atoms with Gasteiger partial charge in [-0.25, -0.2) is 0 Å². The van der Waals surface area contributed by atoms with Crippen molar-refractivity contribution < 1.29 is 0 Å². The first-order chi connectivity index (χ1) is 13.8. The van der Waals surface area contributed by atoms with Crippen molar-refractivity contribution in [2.75, 3.05) is 0 Å². The lowest BCUT2D eigenvalue weighted by Crippen LogP contribution is -1.90. The summed E-state index contributed by atoms with van der Waals surface area (Å²) in [7, 11) is -0.681. The quantitative estimate of drug-likeness (QED) is 0.345. The third kappa shape index (κ3) is 3.53. The van der Waals surface area contributed by atoms with Crippen molar-refractivity contribution in [3.05, 3.63) is 90.3 Å². The lowest BCUT2D eigenvalue weighted by atomic mass is 10.0. The first-order valence-electron chi connectivity index (χ1n) is 9.93. The molecule has 4 rings (SSSR count). The zero-order chi connectivity index (χ0) is 19.3. The van der Waals surface area contributed by atoms with Crippen LogP contribution in [0.4, 0.5) is 0 Å². The van der Waals surface area contributed by atoms with Crippen LogP contribution in [0, 0.1) is 6.92 Å². The third-order valence-electron chi connectivity index (χ3n) is 5.15. The van der Waals surface area contributed by atoms with Crippen LogP contribution in [0.3, 0.4) is 0 Å². The predicted molar refractivity (Wildman–Crippen MR) is 120 cm³/mol. The topological polar surface area (TPSA) is 25.8 Å². The Labute approximate surface area is 168 Å². The summed E-state index contributed by atoms with van der Waals surface area (Å²) in [6, 6.07) is 23.4. The maximum atomic E-state index is 4.77. The maximum absolute atomic E-state index is 4.77. The summed E-state index contributed by atoms with van der Waals surface area (Å²) in [5.41, 5.74) is 5.06. The predicted octanol–water partition coefficient (Wildman–Crippen LogP) is 7.44. The van der Waals surface area contributed by atoms with Crippen LogP contribution in [-0.4, -0.2) is 9.97 Å². The smallest absolute Gasteiger partial charge is 0.0747 e. The molecule has 0 N–H and O–H groups in total. The van der Waals surface area contributed by atoms with Gasteiger partial charge in [0.2, 0.25) is 0 Å². The van der Waals surface area contributed by atoms with Crippen molar-refractivity contribution in [3.8, 4) is 27.3 Å². The number of pyridine rings is 2. The van der Waals surface area contributed by atoms with Gasteiger partial charge in [-0.3, -0.25) is 9.97 Å². The first-order valence-corrected chi connectivity index (χ1v) is 11.3. The van der Waals surface area contributed by atoms with E-state index in [-0.39, 0.29) is 0 Å². The van der Waals surface area contributed by atoms with Gasteiger partial charge in [-0.15, -0.1) is 0 Å². The second-order valence-corrected chi connectivity index (χ2v) is 9.09. The van der Waals surface area contributed by atoms with Crippen molar-refractivity contribution >= 4 is 7.53 Å². The van der Waals surface area contributed by atoms with E-state index in [0.29, 0.717) is 0 Å². The van der Waals surface area contributed by atoms with Gasteiger partial charge >= 0.3 is 0 Å². The van der Waals surface area contributed by atoms with Crippen LogP contribution in [0.5, 0.6) is 0 Å². The summed E-state index contributed by atoms with van der Waals surface area (Å²) < 4.78 is 0. The Morgan fingerprint density at radius 1 is 0.750 bits per heavy atom. The fraction of sp³-hybridized carbons (Fsp3) is 0.200. The van der Waals surface area contributed by atoms with Crippen molar-refractivity contribution in [3.63, 3.8) is 0 Å². The molecule has 0 radical (unpaired) electrons. The first kappa shape index (κ1) is 18.7. The molecule has 0 amide bonds. The molecule has 1 aromatic carbocycles. The second kappa shape index (κ2) is 8.54. The average molecular weight is 384 g/mol. The Bertz CT molecular complexity index is 1040. The minimum absolute atomic E-state index is 0.681. The molecular formula is C25H25N2P. The number of nitrogens with zero attached hydrogens (tertiary/aromatic N) is 2. The van der Waals surface area contributed by atoms with Crippen molar-refractivity contribution in [2.45, 2.75) is 33.1 Å². The normalized spacial score (nSPS) is 11.6. The van der Waals surface area contributed by atoms with Crippen LogP contribution < -0.4 is 0 Å². The molecule has 140 valence electrons. The van der Waals surface area contributed by atoms with Gasteiger partial charge in [0, 0.05) is 23.0 Å². The lowest BCUT2D eigenvalue weighted by Gasteiger charge is -2.11. The van der Waals surface area contributed by atoms with E-state index in [4.69, 9.17) is 9.97 Å². The molecule has 0 saturated carbocycles. The molecule has 3 heterocycles. The van der Waals surface area contributed by atoms with Crippen LogP contribution in [0.15, 0.2) is 79.1 Å². The second-order valence-electron chi connectivity index (χ2n) is 7.01. The van der Waals surface area contributed by atoms with Gasteiger partial charge in [0.15, 0.2) is 0 Å². The fourth-order valence-electron chi connectivity index (χ4n) is 3.81. The van der Waals surface area contributed by atoms with Gasteiger partial charge in [-0.05, 0) is 60.5 Å². The van der Waals surface area contributed by atoms with Crippen LogP contribution >= 0.6 is 7.53 Å². The molecule has 1 unspecified atom stereocenters. The number of unbranched alkanes of at least 4 members (excludes halogenated alkanes) is 1. The highest BCUT2D eigenvalue weighted by molar-refractivity contribution is 7.63. The molecule has 1 atom stereocenters. The number of rotatable bonds is 6. The van der Waals surface area contributed by atoms with Crippen molar-refractivity contribution in [2.24, 2.45) is 0 Å². The summed E-state index contributed by atoms with van der Waals surface area (Å²) in [5, 5.41) is 4.16. The third-order valence-corrected chi connectivity index (χ3v) is 7.92. The highest BCUT2D eigenvalue weighted by Crippen LogP contribution is 2.60. The van der Waals surface area contributed by atoms with Crippen LogP contribution in [0.1, 0.15) is 30.9 Å². The highest BCUT2D eigenvalue weighted by Gasteiger charge is 2.25. The van der Waals surface area contributed by atoms with E-state index in [2.05, 4.69) is 68.4 Å². The molecule has 0 aliphatic heterocycles. The Balaban J connectivity index is 2.07. The zero-order valence-electron chi connectivity index (χ0n) is 16.5. The van der Waals surface area contributed by atoms with Crippen molar-refractivity contribution in [1.29, 1.82) is 0 Å². The minimum Gasteiger partial charge on any atom is -0.256 e. The van der Waals surface area contributed by atoms with E-state index in [1.54, 1.807) is 0 Å². The number of hydrogen-bond donors (Lipinski definition) is 0. The van der Waals surface area contributed by atoms with E-state index < -0.39 is 7.53 Å². The Hall–Kier alpha value is -2.70. The van der Waals surface area contributed by atoms with Gasteiger partial charge in [0.1, 0.15) is 0 Å². The van der Waals surface area contributed by atoms with Gasteiger partial charge in [0.25, 0.3) is 0 Å². The summed E-state index contributed by atoms with van der Waals surface area (Å²) in [4.78, 5) is 9.51. The van der Waals surface area contributed by atoms with Crippen molar-refractivity contribution in [1.82, 2.24) is 9.97 Å². The molecule has 0 spiro atoms. The zero-order valence-corrected chi connectivity index (χ0v) is 17.4. The highest BCUT2D eigenvalue weighted by atomic mass is 31.1. The molecule has 0 aliphatic carbocycles. The average Bonchev–Trinajstić information content (AvgIpc) is 3.06. The van der Waals surface area contributed by atoms with E-state index in [0.717, 1.165) is 17.8 Å². The van der Waals surface area contributed by atoms with E-state index in [1.807, 2.05) is 24.5 Å². The number of aromatic nitrogens is 2. The molecule has 3 aromatic heterocycles. The van der Waals surface area contributed by atoms with E-state index >= 15 is 0 Å². The van der Waals surface area contributed by atoms with E-state index in [9.17, 15) is 0 Å². The molecule has 0 saturated heterocycles. The SMILES string of the molecule is CCCCc1c(C)c(-c2ccccn2)p(-c2ccccc2)c1-c1ccccn1. The Kier molecular flexibility index (Phi) is 5.69. The summed E-state index contributed by atoms with van der Waals surface area (Å²) in [6.07, 6.45) is 7.28. The fourth-order valence-corrected chi connectivity index (χ4v) is 6.76. The van der Waals surface area contributed by atoms with Crippen LogP contribution in [-0.2, 0) is 6.42 Å². The van der Waals surface area contributed by atoms with Gasteiger partial charge < -0.3 is 0 Å². The number of hydrogen-bond acceptors (Lipinski definition) is 2. The van der Waals surface area contributed by atoms with Gasteiger partial charge in [-0.2, -0.15) is 0 Å². The summed E-state index contributed by atoms with van der Waals surface area (Å²) >= 11 is 0. The number of benzene rings is 1. The standard InChI is InChI=1S/C25H25N2P/c1-3-4-14-21-19(2)24(22-15-8-10-17-26-22)28(20-12-6-5-7-13-20)25(21)23-16-9-11-18-27-23/h5-13,15-18H,3-4,14H2,1-2H3. The van der Waals surface area contributed by atoms with Crippen LogP contribution in [0.2, 0.25) is 0 Å². The Morgan fingerprint density at radius 3 is 1.93 bits per heavy atom. The van der Waals surface area contributed by atoms with Gasteiger partial charge in [0.05, 0.1) is 11.4 Å². The molecule has 3 heteroatoms. The van der Waals surface area contributed by atoms with Crippen LogP contribution in [0.25, 0.3) is 27.3 Å². The largest absolute Gasteiger partial charge is 0.256 e. The molecule has 2 nitrogen and oxygen atoms in total. The van der Waals surface area contributed by atoms with E-state index in [1.165, 1.54) is 39.9 Å². The Morgan fingerprint density at radius 2 is 1.36 bits per heavy atom. The molecule has 0 fully saturated rings. The lowest BCUT2D eigenvalue weighted by molar-refractivity contribution is 0.794. The molecule has 0 aliphatic rings.